The summed E-state index contributed by atoms with van der Waals surface area (Å²) >= 11 is 0. The fourth-order valence-corrected chi connectivity index (χ4v) is 15.3. The van der Waals surface area contributed by atoms with Gasteiger partial charge in [-0.1, -0.05) is 74.9 Å². The molecule has 0 saturated carbocycles. The minimum atomic E-state index is -1.37. The van der Waals surface area contributed by atoms with E-state index in [1.165, 1.54) is 78.1 Å². The van der Waals surface area contributed by atoms with E-state index in [4.69, 9.17) is 37.9 Å². The van der Waals surface area contributed by atoms with Crippen LogP contribution in [-0.2, 0) is 18.9 Å². The maximum absolute atomic E-state index is 13.5. The number of carbonyl (C=O) groups excluding carboxylic acids is 8. The highest BCUT2D eigenvalue weighted by molar-refractivity contribution is 6.09. The van der Waals surface area contributed by atoms with Crippen molar-refractivity contribution in [3.05, 3.63) is 265 Å². The number of hydrogen-bond acceptors (Lipinski definition) is 28. The zero-order valence-corrected chi connectivity index (χ0v) is 71.9. The quantitative estimate of drug-likeness (QED) is 0.0271. The number of aliphatic hydroxyl groups excluding tert-OH is 4. The van der Waals surface area contributed by atoms with Crippen LogP contribution in [0.2, 0.25) is 0 Å². The summed E-state index contributed by atoms with van der Waals surface area (Å²) in [6.45, 7) is 22.2. The lowest BCUT2D eigenvalue weighted by atomic mass is 9.94. The third-order valence-electron chi connectivity index (χ3n) is 21.6. The second kappa shape index (κ2) is 44.1. The Morgan fingerprint density at radius 3 is 1.27 bits per heavy atom. The predicted octanol–water partition coefficient (Wildman–Crippen LogP) is 10.7. The van der Waals surface area contributed by atoms with Gasteiger partial charge >= 0.3 is 24.4 Å². The number of carbonyl (C=O) groups is 8. The molecule has 6 aliphatic rings. The molecule has 36 nitrogen and oxygen atoms in total. The van der Waals surface area contributed by atoms with E-state index >= 15 is 0 Å². The number of nitrogens with one attached hydrogen (secondary N) is 2. The lowest BCUT2D eigenvalue weighted by molar-refractivity contribution is 0.0397. The molecule has 0 spiro atoms. The zero-order chi connectivity index (χ0) is 91.8. The van der Waals surface area contributed by atoms with Gasteiger partial charge in [-0.05, 0) is 146 Å². The molecule has 0 saturated heterocycles. The van der Waals surface area contributed by atoms with Crippen molar-refractivity contribution in [1.29, 1.82) is 0 Å². The SMILES string of the molecule is C=CCOC(=O)N1c2cc(C)c(OC)cc2C(=O)N2CC=C(c3cncnc3)C[C@H]2C1O.C=CCOC(=O)N1c2cc(C)c(OC)cc2C(=O)N2CCC(c3cncnc3)=C[C@H]2C1O.C=CCOC(=O)Nc1cc(C)c(OC)cc1C(=O)N1CC=C(c2cncnc2)C[C@H]1CO.C=CCOC(=O)Nc1cc(C)c(OC)cc1C(=O)N1CCC(c2cncnc2)=C[C@H]1CO. The molecule has 2 unspecified atom stereocenters. The largest absolute Gasteiger partial charge is 0.496 e. The van der Waals surface area contributed by atoms with Gasteiger partial charge in [0.1, 0.15) is 74.7 Å². The number of hydrogen-bond donors (Lipinski definition) is 6. The van der Waals surface area contributed by atoms with Crippen molar-refractivity contribution in [2.24, 2.45) is 0 Å². The summed E-state index contributed by atoms with van der Waals surface area (Å²) in [5.41, 5.74) is 12.0. The Kier molecular flexibility index (Phi) is 32.3. The molecule has 0 bridgehead atoms. The van der Waals surface area contributed by atoms with E-state index in [1.807, 2.05) is 32.1 Å². The van der Waals surface area contributed by atoms with Gasteiger partial charge in [-0.25, -0.2) is 68.8 Å². The van der Waals surface area contributed by atoms with E-state index in [-0.39, 0.29) is 110 Å². The second-order valence-electron chi connectivity index (χ2n) is 29.6. The van der Waals surface area contributed by atoms with Gasteiger partial charge in [0.2, 0.25) is 0 Å². The molecule has 8 aromatic rings. The third-order valence-corrected chi connectivity index (χ3v) is 21.6. The van der Waals surface area contributed by atoms with Crippen LogP contribution in [0.3, 0.4) is 0 Å². The van der Waals surface area contributed by atoms with Gasteiger partial charge in [0, 0.05) is 98.0 Å². The van der Waals surface area contributed by atoms with Gasteiger partial charge in [0.25, 0.3) is 23.6 Å². The van der Waals surface area contributed by atoms with Gasteiger partial charge in [-0.15, -0.1) is 0 Å². The van der Waals surface area contributed by atoms with Gasteiger partial charge < -0.3 is 77.9 Å². The Labute approximate surface area is 738 Å². The number of methoxy groups -OCH3 is 4. The summed E-state index contributed by atoms with van der Waals surface area (Å²) in [5, 5.41) is 48.0. The second-order valence-corrected chi connectivity index (χ2v) is 29.6. The lowest BCUT2D eigenvalue weighted by Gasteiger charge is -2.38. The Morgan fingerprint density at radius 1 is 0.453 bits per heavy atom. The molecule has 4 aromatic heterocycles. The van der Waals surface area contributed by atoms with Crippen molar-refractivity contribution < 1.29 is 96.7 Å². The number of nitrogens with zero attached hydrogens (tertiary/aromatic N) is 14. The molecular weight excluding hydrogens is 1650 g/mol. The van der Waals surface area contributed by atoms with Crippen molar-refractivity contribution in [3.63, 3.8) is 0 Å². The first-order chi connectivity index (χ1) is 61.9. The van der Waals surface area contributed by atoms with E-state index in [9.17, 15) is 58.8 Å². The maximum atomic E-state index is 13.5. The minimum absolute atomic E-state index is 0.0264. The van der Waals surface area contributed by atoms with E-state index in [0.29, 0.717) is 84.3 Å². The molecular formula is C92H100N16O20. The van der Waals surface area contributed by atoms with Crippen molar-refractivity contribution in [2.75, 3.05) is 115 Å². The minimum Gasteiger partial charge on any atom is -0.496 e. The Bertz CT molecular complexity index is 5440. The number of aliphatic hydroxyl groups is 4. The van der Waals surface area contributed by atoms with Crippen molar-refractivity contribution in [2.45, 2.75) is 90.0 Å². The van der Waals surface area contributed by atoms with Crippen LogP contribution in [0.5, 0.6) is 23.0 Å². The number of ether oxygens (including phenoxy) is 8. The first-order valence-corrected chi connectivity index (χ1v) is 40.5. The number of benzene rings is 4. The molecule has 10 heterocycles. The molecule has 0 aliphatic carbocycles. The summed E-state index contributed by atoms with van der Waals surface area (Å²) in [6.07, 6.45) is 28.8. The molecule has 8 amide bonds. The fourth-order valence-electron chi connectivity index (χ4n) is 15.3. The van der Waals surface area contributed by atoms with Crippen LogP contribution in [0.15, 0.2) is 198 Å². The highest BCUT2D eigenvalue weighted by Gasteiger charge is 2.47. The molecule has 6 atom stereocenters. The van der Waals surface area contributed by atoms with Crippen molar-refractivity contribution in [3.8, 4) is 23.0 Å². The Morgan fingerprint density at radius 2 is 0.836 bits per heavy atom. The molecule has 36 heteroatoms. The normalized spacial score (nSPS) is 17.8. The number of rotatable bonds is 22. The van der Waals surface area contributed by atoms with E-state index < -0.39 is 61.0 Å². The number of anilines is 4. The lowest BCUT2D eigenvalue weighted by Crippen LogP contribution is -2.54. The van der Waals surface area contributed by atoms with Crippen LogP contribution in [0, 0.1) is 27.7 Å². The molecule has 668 valence electrons. The molecule has 6 N–H and O–H groups in total. The highest BCUT2D eigenvalue weighted by Crippen LogP contribution is 2.43. The van der Waals surface area contributed by atoms with Crippen LogP contribution >= 0.6 is 0 Å². The van der Waals surface area contributed by atoms with Gasteiger partial charge in [0.05, 0.1) is 111 Å². The van der Waals surface area contributed by atoms with Crippen molar-refractivity contribution in [1.82, 2.24) is 59.5 Å². The van der Waals surface area contributed by atoms with E-state index in [0.717, 1.165) is 65.5 Å². The molecule has 6 aliphatic heterocycles. The molecule has 14 rings (SSSR count). The first kappa shape index (κ1) is 93.8. The average Bonchev–Trinajstić information content (AvgIpc) is 1.63. The van der Waals surface area contributed by atoms with Crippen LogP contribution in [0.4, 0.5) is 41.9 Å². The number of amides is 8. The maximum Gasteiger partial charge on any atom is 0.416 e. The summed E-state index contributed by atoms with van der Waals surface area (Å²) in [6, 6.07) is 10.5. The van der Waals surface area contributed by atoms with Gasteiger partial charge in [0.15, 0.2) is 12.5 Å². The van der Waals surface area contributed by atoms with Crippen LogP contribution in [0.1, 0.15) is 112 Å². The zero-order valence-electron chi connectivity index (χ0n) is 71.9. The molecule has 0 fully saturated rings. The Hall–Kier alpha value is -14.9. The van der Waals surface area contributed by atoms with Crippen LogP contribution in [-0.4, -0.2) is 259 Å². The monoisotopic (exact) mass is 1750 g/mol. The smallest absolute Gasteiger partial charge is 0.416 e. The standard InChI is InChI=1S/2C23H24N4O5.2C23H26N4O5/c2*1-4-7-32-23(30)27-18-8-14(2)20(31-3)10-17(18)21(28)26-6-5-15(9-19(26)22(27)29)16-11-24-13-25-12-16;2*1-4-7-32-23(30)26-20-8-15(2)21(31-3)10-19(20)22(29)27-6-5-16(9-18(27)13-28)17-11-24-14-25-12-17/h4,8-13,19,22,29H,1,5-7H2,2-3H3;4-5,8,10-13,19,22,29H,1,6-7,9H2,2-3H3;4,8-12,14,18,28H,1,5-7,13H2,2-3H3,(H,26,30);4-5,8,10-12,14,18,28H,1,6-7,9,13H2,2-3H3,(H,26,30)/t2*19-,22?;2*18-/m0000/s1. The van der Waals surface area contributed by atoms with Gasteiger partial charge in [-0.3, -0.25) is 29.8 Å². The molecule has 4 aromatic carbocycles. The average molecular weight is 1750 g/mol. The number of fused-ring (bicyclic) bond motifs is 4. The molecule has 0 radical (unpaired) electrons. The summed E-state index contributed by atoms with van der Waals surface area (Å²) < 4.78 is 42.0. The summed E-state index contributed by atoms with van der Waals surface area (Å²) in [7, 11) is 6.05. The molecule has 128 heavy (non-hydrogen) atoms. The fraction of sp³-hybridized carbons (Fsp3) is 0.304. The van der Waals surface area contributed by atoms with Crippen LogP contribution in [0.25, 0.3) is 22.3 Å². The summed E-state index contributed by atoms with van der Waals surface area (Å²) in [5.74, 6) is 0.740. The first-order valence-electron chi connectivity index (χ1n) is 40.5. The summed E-state index contributed by atoms with van der Waals surface area (Å²) in [4.78, 5) is 145. The van der Waals surface area contributed by atoms with E-state index in [2.05, 4.69) is 76.8 Å². The highest BCUT2D eigenvalue weighted by atomic mass is 16.6. The van der Waals surface area contributed by atoms with Crippen molar-refractivity contribution >= 4 is 93.0 Å². The Balaban J connectivity index is 0.000000165. The predicted molar refractivity (Wildman–Crippen MR) is 473 cm³/mol. The number of aryl methyl sites for hydroxylation is 4. The third kappa shape index (κ3) is 21.7. The number of aromatic nitrogens is 8. The van der Waals surface area contributed by atoms with Crippen LogP contribution < -0.4 is 39.4 Å². The van der Waals surface area contributed by atoms with Gasteiger partial charge in [-0.2, -0.15) is 0 Å². The van der Waals surface area contributed by atoms with E-state index in [1.54, 1.807) is 138 Å². The topological polar surface area (TPSA) is 438 Å².